The fourth-order valence-corrected chi connectivity index (χ4v) is 3.57. The Hall–Kier alpha value is -3.88. The van der Waals surface area contributed by atoms with E-state index in [1.54, 1.807) is 44.2 Å². The number of rotatable bonds is 6. The van der Waals surface area contributed by atoms with Gasteiger partial charge in [-0.25, -0.2) is 39.9 Å². The summed E-state index contributed by atoms with van der Waals surface area (Å²) in [4.78, 5) is 35.9. The van der Waals surface area contributed by atoms with Gasteiger partial charge in [-0.15, -0.1) is 0 Å². The van der Waals surface area contributed by atoms with Gasteiger partial charge in [-0.2, -0.15) is 0 Å². The summed E-state index contributed by atoms with van der Waals surface area (Å²) < 4.78 is 5.46. The molecular formula is C25H28N8O. The fourth-order valence-electron chi connectivity index (χ4n) is 3.57. The lowest BCUT2D eigenvalue weighted by atomic mass is 9.84. The van der Waals surface area contributed by atoms with Crippen molar-refractivity contribution in [1.29, 1.82) is 0 Å². The second kappa shape index (κ2) is 9.17. The molecule has 9 nitrogen and oxygen atoms in total. The first-order valence-electron chi connectivity index (χ1n) is 11.0. The van der Waals surface area contributed by atoms with Crippen LogP contribution in [0.5, 0.6) is 5.75 Å². The minimum atomic E-state index is -0.324. The molecule has 34 heavy (non-hydrogen) atoms. The molecule has 4 rings (SSSR count). The molecule has 0 aliphatic rings. The van der Waals surface area contributed by atoms with E-state index >= 15 is 0 Å². The molecular weight excluding hydrogens is 428 g/mol. The van der Waals surface area contributed by atoms with E-state index in [4.69, 9.17) is 19.7 Å². The van der Waals surface area contributed by atoms with Gasteiger partial charge < -0.3 is 4.74 Å². The van der Waals surface area contributed by atoms with E-state index in [2.05, 4.69) is 59.5 Å². The average Bonchev–Trinajstić information content (AvgIpc) is 2.83. The van der Waals surface area contributed by atoms with Gasteiger partial charge in [-0.05, 0) is 18.2 Å². The second-order valence-corrected chi connectivity index (χ2v) is 9.63. The summed E-state index contributed by atoms with van der Waals surface area (Å²) in [6.07, 6.45) is 9.14. The molecule has 0 atom stereocenters. The largest absolute Gasteiger partial charge is 0.493 e. The summed E-state index contributed by atoms with van der Waals surface area (Å²) in [6, 6.07) is 5.58. The third-order valence-electron chi connectivity index (χ3n) is 5.34. The summed E-state index contributed by atoms with van der Waals surface area (Å²) in [7, 11) is 1.62. The molecule has 0 fully saturated rings. The monoisotopic (exact) mass is 456 g/mol. The first kappa shape index (κ1) is 23.3. The summed E-state index contributed by atoms with van der Waals surface area (Å²) in [6.45, 7) is 10.5. The van der Waals surface area contributed by atoms with Crippen LogP contribution in [0.2, 0.25) is 0 Å². The van der Waals surface area contributed by atoms with Crippen LogP contribution >= 0.6 is 0 Å². The molecule has 0 N–H and O–H groups in total. The maximum absolute atomic E-state index is 5.46. The molecule has 0 amide bonds. The topological polar surface area (TPSA) is 112 Å². The Morgan fingerprint density at radius 3 is 2.00 bits per heavy atom. The van der Waals surface area contributed by atoms with Crippen molar-refractivity contribution in [3.63, 3.8) is 0 Å². The van der Waals surface area contributed by atoms with Crippen molar-refractivity contribution in [3.05, 3.63) is 66.3 Å². The molecule has 0 bridgehead atoms. The van der Waals surface area contributed by atoms with Crippen LogP contribution in [0.1, 0.15) is 51.7 Å². The van der Waals surface area contributed by atoms with Crippen molar-refractivity contribution >= 4 is 0 Å². The van der Waals surface area contributed by atoms with E-state index < -0.39 is 0 Å². The molecule has 4 aromatic rings. The third kappa shape index (κ3) is 5.03. The Kier molecular flexibility index (Phi) is 6.28. The van der Waals surface area contributed by atoms with Crippen molar-refractivity contribution in [2.75, 3.05) is 7.11 Å². The number of hydrogen-bond acceptors (Lipinski definition) is 9. The molecule has 0 aliphatic heterocycles. The minimum Gasteiger partial charge on any atom is -0.493 e. The highest BCUT2D eigenvalue weighted by atomic mass is 16.5. The maximum Gasteiger partial charge on any atom is 0.198 e. The number of aromatic nitrogens is 8. The first-order valence-corrected chi connectivity index (χ1v) is 11.0. The molecule has 0 radical (unpaired) electrons. The zero-order valence-corrected chi connectivity index (χ0v) is 20.3. The van der Waals surface area contributed by atoms with Crippen molar-refractivity contribution in [2.45, 2.75) is 51.9 Å². The van der Waals surface area contributed by atoms with Gasteiger partial charge in [0, 0.05) is 47.7 Å². The number of ether oxygens (including phenoxy) is 1. The van der Waals surface area contributed by atoms with Gasteiger partial charge in [0.15, 0.2) is 29.0 Å². The summed E-state index contributed by atoms with van der Waals surface area (Å²) >= 11 is 0. The molecule has 0 saturated carbocycles. The van der Waals surface area contributed by atoms with Crippen LogP contribution in [0.15, 0.2) is 49.2 Å². The van der Waals surface area contributed by atoms with Gasteiger partial charge in [-0.3, -0.25) is 0 Å². The van der Waals surface area contributed by atoms with E-state index in [0.29, 0.717) is 35.5 Å². The Labute approximate surface area is 199 Å². The SMILES string of the molecule is COc1cnc(-c2nccc(CC(C)(C)c3ccnc(-c4ncccn4)n3)n2)nc1C(C)(C)C. The Morgan fingerprint density at radius 1 is 0.706 bits per heavy atom. The van der Waals surface area contributed by atoms with Crippen molar-refractivity contribution in [3.8, 4) is 29.0 Å². The zero-order chi connectivity index (χ0) is 24.3. The summed E-state index contributed by atoms with van der Waals surface area (Å²) in [5.41, 5.74) is 2.01. The molecule has 0 unspecified atom stereocenters. The molecule has 0 aromatic carbocycles. The van der Waals surface area contributed by atoms with E-state index in [0.717, 1.165) is 17.1 Å². The average molecular weight is 457 g/mol. The van der Waals surface area contributed by atoms with Gasteiger partial charge in [0.25, 0.3) is 0 Å². The Morgan fingerprint density at radius 2 is 1.32 bits per heavy atom. The first-order chi connectivity index (χ1) is 16.2. The molecule has 0 aliphatic carbocycles. The predicted octanol–water partition coefficient (Wildman–Crippen LogP) is 4.01. The highest BCUT2D eigenvalue weighted by molar-refractivity contribution is 5.46. The smallest absolute Gasteiger partial charge is 0.198 e. The normalized spacial score (nSPS) is 11.9. The highest BCUT2D eigenvalue weighted by Crippen LogP contribution is 2.30. The lowest BCUT2D eigenvalue weighted by molar-refractivity contribution is 0.389. The molecule has 4 heterocycles. The van der Waals surface area contributed by atoms with Gasteiger partial charge in [0.1, 0.15) is 0 Å². The van der Waals surface area contributed by atoms with Crippen LogP contribution in [-0.4, -0.2) is 47.0 Å². The third-order valence-corrected chi connectivity index (χ3v) is 5.34. The van der Waals surface area contributed by atoms with Crippen molar-refractivity contribution < 1.29 is 4.74 Å². The van der Waals surface area contributed by atoms with E-state index in [-0.39, 0.29) is 10.8 Å². The van der Waals surface area contributed by atoms with Crippen LogP contribution < -0.4 is 4.74 Å². The van der Waals surface area contributed by atoms with E-state index in [1.807, 2.05) is 12.1 Å². The summed E-state index contributed by atoms with van der Waals surface area (Å²) in [5, 5.41) is 0. The quantitative estimate of drug-likeness (QED) is 0.425. The van der Waals surface area contributed by atoms with Crippen LogP contribution in [0, 0.1) is 0 Å². The molecule has 4 aromatic heterocycles. The van der Waals surface area contributed by atoms with Crippen LogP contribution in [0.3, 0.4) is 0 Å². The van der Waals surface area contributed by atoms with Crippen LogP contribution in [0.25, 0.3) is 23.3 Å². The molecule has 9 heteroatoms. The lowest BCUT2D eigenvalue weighted by Gasteiger charge is -2.24. The van der Waals surface area contributed by atoms with Crippen molar-refractivity contribution in [1.82, 2.24) is 39.9 Å². The van der Waals surface area contributed by atoms with Gasteiger partial charge >= 0.3 is 0 Å². The standard InChI is InChI=1S/C25H28N8O/c1-24(2,3)19-17(34-6)15-30-23(33-19)22-28-12-8-16(31-22)14-25(4,5)18-9-13-29-21(32-18)20-26-10-7-11-27-20/h7-13,15H,14H2,1-6H3. The second-order valence-electron chi connectivity index (χ2n) is 9.63. The minimum absolute atomic E-state index is 0.212. The Bertz CT molecular complexity index is 1290. The highest BCUT2D eigenvalue weighted by Gasteiger charge is 2.26. The molecule has 0 spiro atoms. The molecule has 0 saturated heterocycles. The number of hydrogen-bond donors (Lipinski definition) is 0. The fraction of sp³-hybridized carbons (Fsp3) is 0.360. The van der Waals surface area contributed by atoms with Crippen LogP contribution in [0.4, 0.5) is 0 Å². The van der Waals surface area contributed by atoms with E-state index in [1.165, 1.54) is 0 Å². The van der Waals surface area contributed by atoms with E-state index in [9.17, 15) is 0 Å². The van der Waals surface area contributed by atoms with Crippen LogP contribution in [-0.2, 0) is 17.3 Å². The summed E-state index contributed by atoms with van der Waals surface area (Å²) in [5.74, 6) is 2.58. The van der Waals surface area contributed by atoms with Crippen molar-refractivity contribution in [2.24, 2.45) is 0 Å². The number of nitrogens with zero attached hydrogens (tertiary/aromatic N) is 8. The number of methoxy groups -OCH3 is 1. The van der Waals surface area contributed by atoms with Gasteiger partial charge in [0.2, 0.25) is 0 Å². The maximum atomic E-state index is 5.46. The zero-order valence-electron chi connectivity index (χ0n) is 20.3. The van der Waals surface area contributed by atoms with Gasteiger partial charge in [0.05, 0.1) is 24.7 Å². The Balaban J connectivity index is 1.63. The molecule has 174 valence electrons. The predicted molar refractivity (Wildman–Crippen MR) is 128 cm³/mol. The van der Waals surface area contributed by atoms with Gasteiger partial charge in [-0.1, -0.05) is 34.6 Å². The lowest BCUT2D eigenvalue weighted by Crippen LogP contribution is -2.23.